The summed E-state index contributed by atoms with van der Waals surface area (Å²) in [6.07, 6.45) is 3.54. The van der Waals surface area contributed by atoms with E-state index in [2.05, 4.69) is 4.98 Å². The smallest absolute Gasteiger partial charge is 0.256 e. The Kier molecular flexibility index (Phi) is 2.22. The van der Waals surface area contributed by atoms with E-state index in [1.165, 1.54) is 12.3 Å². The standard InChI is InChI=1S/C15H13FN2O2/c16-10-6-9(17)7-18-14(10)20-12-3-1-2-11-13(12)15(4-5-15)8-19-11/h1-3,6-7H,4-5,8,17H2. The topological polar surface area (TPSA) is 57.4 Å². The van der Waals surface area contributed by atoms with Gasteiger partial charge in [0.2, 0.25) is 0 Å². The summed E-state index contributed by atoms with van der Waals surface area (Å²) in [6.45, 7) is 0.681. The molecule has 102 valence electrons. The number of nitrogens with zero attached hydrogens (tertiary/aromatic N) is 1. The van der Waals surface area contributed by atoms with E-state index in [1.807, 2.05) is 18.2 Å². The quantitative estimate of drug-likeness (QED) is 0.913. The van der Waals surface area contributed by atoms with Gasteiger partial charge in [-0.3, -0.25) is 0 Å². The highest BCUT2D eigenvalue weighted by Crippen LogP contribution is 2.58. The van der Waals surface area contributed by atoms with Gasteiger partial charge in [0.1, 0.15) is 11.5 Å². The second kappa shape index (κ2) is 3.85. The molecule has 4 rings (SSSR count). The van der Waals surface area contributed by atoms with Gasteiger partial charge in [0.25, 0.3) is 5.88 Å². The van der Waals surface area contributed by atoms with Crippen LogP contribution in [0.5, 0.6) is 17.4 Å². The van der Waals surface area contributed by atoms with Gasteiger partial charge in [-0.25, -0.2) is 9.37 Å². The molecule has 1 saturated carbocycles. The Hall–Kier alpha value is -2.30. The molecule has 1 aromatic carbocycles. The molecule has 0 unspecified atom stereocenters. The fourth-order valence-corrected chi connectivity index (χ4v) is 2.69. The Bertz CT molecular complexity index is 698. The molecule has 2 aromatic rings. The number of ether oxygens (including phenoxy) is 2. The van der Waals surface area contributed by atoms with E-state index < -0.39 is 5.82 Å². The van der Waals surface area contributed by atoms with Gasteiger partial charge in [0.05, 0.1) is 18.5 Å². The molecule has 1 spiro atoms. The van der Waals surface area contributed by atoms with Crippen LogP contribution in [0.3, 0.4) is 0 Å². The number of pyridine rings is 1. The Morgan fingerprint density at radius 3 is 2.95 bits per heavy atom. The summed E-state index contributed by atoms with van der Waals surface area (Å²) < 4.78 is 25.1. The average molecular weight is 272 g/mol. The second-order valence-electron chi connectivity index (χ2n) is 5.36. The Morgan fingerprint density at radius 2 is 2.20 bits per heavy atom. The first-order chi connectivity index (χ1) is 9.68. The van der Waals surface area contributed by atoms with E-state index in [9.17, 15) is 4.39 Å². The number of hydrogen-bond donors (Lipinski definition) is 1. The largest absolute Gasteiger partial charge is 0.492 e. The fourth-order valence-electron chi connectivity index (χ4n) is 2.69. The lowest BCUT2D eigenvalue weighted by atomic mass is 9.97. The van der Waals surface area contributed by atoms with Crippen LogP contribution >= 0.6 is 0 Å². The second-order valence-corrected chi connectivity index (χ2v) is 5.36. The van der Waals surface area contributed by atoms with Crippen molar-refractivity contribution in [1.82, 2.24) is 4.98 Å². The molecule has 2 aliphatic rings. The predicted molar refractivity (Wildman–Crippen MR) is 71.5 cm³/mol. The van der Waals surface area contributed by atoms with Crippen LogP contribution in [0.1, 0.15) is 18.4 Å². The van der Waals surface area contributed by atoms with Crippen LogP contribution in [-0.2, 0) is 5.41 Å². The number of hydrogen-bond acceptors (Lipinski definition) is 4. The highest BCUT2D eigenvalue weighted by molar-refractivity contribution is 5.56. The summed E-state index contributed by atoms with van der Waals surface area (Å²) in [7, 11) is 0. The zero-order chi connectivity index (χ0) is 13.7. The first kappa shape index (κ1) is 11.5. The molecule has 1 aromatic heterocycles. The number of anilines is 1. The molecule has 5 heteroatoms. The summed E-state index contributed by atoms with van der Waals surface area (Å²) >= 11 is 0. The molecule has 0 atom stereocenters. The van der Waals surface area contributed by atoms with E-state index in [0.717, 1.165) is 24.2 Å². The first-order valence-corrected chi connectivity index (χ1v) is 6.53. The van der Waals surface area contributed by atoms with Crippen LogP contribution in [0.4, 0.5) is 10.1 Å². The number of fused-ring (bicyclic) bond motifs is 2. The predicted octanol–water partition coefficient (Wildman–Crippen LogP) is 3.02. The summed E-state index contributed by atoms with van der Waals surface area (Å²) in [5.41, 5.74) is 6.86. The Labute approximate surface area is 115 Å². The minimum Gasteiger partial charge on any atom is -0.492 e. The molecule has 1 aliphatic carbocycles. The summed E-state index contributed by atoms with van der Waals surface area (Å²) in [5, 5.41) is 0. The van der Waals surface area contributed by atoms with Gasteiger partial charge in [-0.2, -0.15) is 0 Å². The lowest BCUT2D eigenvalue weighted by Crippen LogP contribution is -2.08. The third-order valence-electron chi connectivity index (χ3n) is 3.91. The van der Waals surface area contributed by atoms with Crippen molar-refractivity contribution in [2.24, 2.45) is 0 Å². The van der Waals surface area contributed by atoms with Crippen LogP contribution in [0, 0.1) is 5.82 Å². The van der Waals surface area contributed by atoms with E-state index >= 15 is 0 Å². The SMILES string of the molecule is Nc1cnc(Oc2cccc3c2C2(CC2)CO3)c(F)c1. The van der Waals surface area contributed by atoms with Crippen LogP contribution in [0.15, 0.2) is 30.5 Å². The lowest BCUT2D eigenvalue weighted by Gasteiger charge is -2.12. The van der Waals surface area contributed by atoms with Crippen LogP contribution in [0.25, 0.3) is 0 Å². The van der Waals surface area contributed by atoms with Crippen molar-refractivity contribution < 1.29 is 13.9 Å². The maximum Gasteiger partial charge on any atom is 0.256 e. The fraction of sp³-hybridized carbons (Fsp3) is 0.267. The Balaban J connectivity index is 1.75. The number of aromatic nitrogens is 1. The van der Waals surface area contributed by atoms with Crippen molar-refractivity contribution >= 4 is 5.69 Å². The average Bonchev–Trinajstić information content (AvgIpc) is 3.10. The third kappa shape index (κ3) is 1.62. The monoisotopic (exact) mass is 272 g/mol. The third-order valence-corrected chi connectivity index (χ3v) is 3.91. The highest BCUT2D eigenvalue weighted by Gasteiger charge is 2.52. The van der Waals surface area contributed by atoms with E-state index in [1.54, 1.807) is 0 Å². The van der Waals surface area contributed by atoms with Gasteiger partial charge in [0.15, 0.2) is 5.82 Å². The number of halogens is 1. The van der Waals surface area contributed by atoms with Gasteiger partial charge in [-0.15, -0.1) is 0 Å². The minimum absolute atomic E-state index is 0.0599. The maximum absolute atomic E-state index is 13.8. The summed E-state index contributed by atoms with van der Waals surface area (Å²) in [5.74, 6) is 0.825. The molecular weight excluding hydrogens is 259 g/mol. The van der Waals surface area contributed by atoms with Crippen molar-refractivity contribution in [2.45, 2.75) is 18.3 Å². The van der Waals surface area contributed by atoms with Crippen molar-refractivity contribution in [1.29, 1.82) is 0 Å². The molecule has 4 nitrogen and oxygen atoms in total. The molecule has 1 fully saturated rings. The van der Waals surface area contributed by atoms with Gasteiger partial charge in [-0.1, -0.05) is 6.07 Å². The normalized spacial score (nSPS) is 17.6. The molecule has 0 amide bonds. The maximum atomic E-state index is 13.8. The van der Waals surface area contributed by atoms with Gasteiger partial charge >= 0.3 is 0 Å². The van der Waals surface area contributed by atoms with Crippen LogP contribution in [-0.4, -0.2) is 11.6 Å². The highest BCUT2D eigenvalue weighted by atomic mass is 19.1. The lowest BCUT2D eigenvalue weighted by molar-refractivity contribution is 0.323. The van der Waals surface area contributed by atoms with Crippen molar-refractivity contribution in [2.75, 3.05) is 12.3 Å². The molecule has 0 bridgehead atoms. The zero-order valence-corrected chi connectivity index (χ0v) is 10.7. The van der Waals surface area contributed by atoms with Gasteiger partial charge in [-0.05, 0) is 25.0 Å². The number of benzene rings is 1. The van der Waals surface area contributed by atoms with Crippen molar-refractivity contribution in [3.63, 3.8) is 0 Å². The molecular formula is C15H13FN2O2. The van der Waals surface area contributed by atoms with Gasteiger partial charge in [0, 0.05) is 17.0 Å². The first-order valence-electron chi connectivity index (χ1n) is 6.53. The van der Waals surface area contributed by atoms with E-state index in [4.69, 9.17) is 15.2 Å². The number of nitrogens with two attached hydrogens (primary N) is 1. The zero-order valence-electron chi connectivity index (χ0n) is 10.7. The molecule has 1 aliphatic heterocycles. The van der Waals surface area contributed by atoms with E-state index in [-0.39, 0.29) is 17.0 Å². The van der Waals surface area contributed by atoms with Crippen LogP contribution in [0.2, 0.25) is 0 Å². The minimum atomic E-state index is -0.564. The molecule has 0 radical (unpaired) electrons. The summed E-state index contributed by atoms with van der Waals surface area (Å²) in [6, 6.07) is 6.78. The van der Waals surface area contributed by atoms with E-state index in [0.29, 0.717) is 12.4 Å². The van der Waals surface area contributed by atoms with Crippen LogP contribution < -0.4 is 15.2 Å². The molecule has 2 N–H and O–H groups in total. The number of nitrogen functional groups attached to an aromatic ring is 1. The van der Waals surface area contributed by atoms with Gasteiger partial charge < -0.3 is 15.2 Å². The Morgan fingerprint density at radius 1 is 1.35 bits per heavy atom. The van der Waals surface area contributed by atoms with Crippen molar-refractivity contribution in [3.8, 4) is 17.4 Å². The molecule has 2 heterocycles. The summed E-state index contributed by atoms with van der Waals surface area (Å²) in [4.78, 5) is 3.90. The molecule has 0 saturated heterocycles. The molecule has 20 heavy (non-hydrogen) atoms. The van der Waals surface area contributed by atoms with Crippen molar-refractivity contribution in [3.05, 3.63) is 41.8 Å². The number of rotatable bonds is 2.